The first-order valence-electron chi connectivity index (χ1n) is 8.20. The number of nitrogens with zero attached hydrogens (tertiary/aromatic N) is 1. The van der Waals surface area contributed by atoms with Crippen LogP contribution >= 0.6 is 23.2 Å². The minimum absolute atomic E-state index is 0.0233. The summed E-state index contributed by atoms with van der Waals surface area (Å²) in [4.78, 5) is 1.07. The highest BCUT2D eigenvalue weighted by molar-refractivity contribution is 6.34. The number of anilines is 1. The summed E-state index contributed by atoms with van der Waals surface area (Å²) in [6.45, 7) is -1.71. The Bertz CT molecular complexity index is 898. The molecule has 0 bridgehead atoms. The highest BCUT2D eigenvalue weighted by Crippen LogP contribution is 2.48. The molecule has 29 heavy (non-hydrogen) atoms. The van der Waals surface area contributed by atoms with Crippen LogP contribution in [0, 0.1) is 0 Å². The molecule has 0 saturated carbocycles. The highest BCUT2D eigenvalue weighted by Gasteiger charge is 2.61. The van der Waals surface area contributed by atoms with Crippen LogP contribution in [0.4, 0.5) is 32.0 Å². The molecule has 3 rings (SSSR count). The van der Waals surface area contributed by atoms with Crippen molar-refractivity contribution < 1.29 is 31.1 Å². The fourth-order valence-electron chi connectivity index (χ4n) is 3.21. The van der Waals surface area contributed by atoms with E-state index in [1.807, 2.05) is 0 Å². The molecule has 1 heterocycles. The van der Waals surface area contributed by atoms with Crippen LogP contribution in [0.15, 0.2) is 36.4 Å². The first kappa shape index (κ1) is 22.0. The molecule has 11 heteroatoms. The van der Waals surface area contributed by atoms with Gasteiger partial charge in [-0.05, 0) is 41.5 Å². The molecule has 3 nitrogen and oxygen atoms in total. The fourth-order valence-corrected chi connectivity index (χ4v) is 3.74. The molecule has 1 atom stereocenters. The van der Waals surface area contributed by atoms with Gasteiger partial charge in [0.2, 0.25) is 5.60 Å². The second-order valence-corrected chi connectivity index (χ2v) is 7.37. The predicted molar refractivity (Wildman–Crippen MR) is 96.8 cm³/mol. The molecule has 1 aliphatic rings. The molecular formula is C18H14Cl2F6N2O. The van der Waals surface area contributed by atoms with Crippen molar-refractivity contribution in [2.75, 3.05) is 18.2 Å². The van der Waals surface area contributed by atoms with Crippen molar-refractivity contribution in [1.29, 1.82) is 0 Å². The van der Waals surface area contributed by atoms with E-state index < -0.39 is 36.8 Å². The number of rotatable bonds is 3. The standard InChI is InChI=1S/C18H14Cl2F6N2O/c19-12-3-11(4-13(20)5-12)16(18(24,25)26)8-28(9-29-16)14-2-1-10(7-27)15(6-14)17(21,22)23/h1-6H,7-9,27H2. The van der Waals surface area contributed by atoms with Crippen LogP contribution in [0.3, 0.4) is 0 Å². The lowest BCUT2D eigenvalue weighted by Crippen LogP contribution is -2.46. The van der Waals surface area contributed by atoms with Gasteiger partial charge in [-0.15, -0.1) is 0 Å². The van der Waals surface area contributed by atoms with Gasteiger partial charge < -0.3 is 15.4 Å². The van der Waals surface area contributed by atoms with E-state index >= 15 is 0 Å². The molecule has 0 amide bonds. The lowest BCUT2D eigenvalue weighted by molar-refractivity contribution is -0.264. The summed E-state index contributed by atoms with van der Waals surface area (Å²) in [6.07, 6.45) is -9.58. The normalized spacial score (nSPS) is 20.4. The zero-order valence-corrected chi connectivity index (χ0v) is 16.1. The van der Waals surface area contributed by atoms with Crippen LogP contribution in [-0.2, 0) is 23.1 Å². The Balaban J connectivity index is 2.04. The van der Waals surface area contributed by atoms with Gasteiger partial charge in [-0.2, -0.15) is 26.3 Å². The fraction of sp³-hybridized carbons (Fsp3) is 0.333. The van der Waals surface area contributed by atoms with Crippen LogP contribution in [0.2, 0.25) is 10.0 Å². The predicted octanol–water partition coefficient (Wildman–Crippen LogP) is 5.72. The molecule has 2 aromatic carbocycles. The maximum atomic E-state index is 14.0. The second-order valence-electron chi connectivity index (χ2n) is 6.50. The van der Waals surface area contributed by atoms with Gasteiger partial charge in [0.05, 0.1) is 12.1 Å². The Kier molecular flexibility index (Phi) is 5.72. The zero-order valence-electron chi connectivity index (χ0n) is 14.5. The summed E-state index contributed by atoms with van der Waals surface area (Å²) in [6, 6.07) is 6.60. The molecule has 0 aliphatic carbocycles. The van der Waals surface area contributed by atoms with E-state index in [0.29, 0.717) is 0 Å². The average Bonchev–Trinajstić information content (AvgIpc) is 3.06. The third-order valence-electron chi connectivity index (χ3n) is 4.65. The minimum atomic E-state index is -4.88. The van der Waals surface area contributed by atoms with E-state index in [4.69, 9.17) is 33.7 Å². The van der Waals surface area contributed by atoms with Crippen molar-refractivity contribution in [3.8, 4) is 0 Å². The summed E-state index contributed by atoms with van der Waals surface area (Å²) >= 11 is 11.7. The number of halogens is 8. The number of hydrogen-bond acceptors (Lipinski definition) is 3. The molecule has 0 radical (unpaired) electrons. The van der Waals surface area contributed by atoms with E-state index in [0.717, 1.165) is 29.2 Å². The molecule has 2 aromatic rings. The summed E-state index contributed by atoms with van der Waals surface area (Å²) in [7, 11) is 0. The number of nitrogens with two attached hydrogens (primary N) is 1. The van der Waals surface area contributed by atoms with Gasteiger partial charge in [0.15, 0.2) is 0 Å². The van der Waals surface area contributed by atoms with Crippen molar-refractivity contribution in [2.24, 2.45) is 5.73 Å². The maximum Gasteiger partial charge on any atom is 0.423 e. The number of benzene rings is 2. The summed E-state index contributed by atoms with van der Waals surface area (Å²) in [5.74, 6) is 0. The Morgan fingerprint density at radius 1 is 1.00 bits per heavy atom. The second kappa shape index (κ2) is 7.54. The molecule has 2 N–H and O–H groups in total. The third kappa shape index (κ3) is 4.14. The Morgan fingerprint density at radius 2 is 1.62 bits per heavy atom. The van der Waals surface area contributed by atoms with Crippen LogP contribution < -0.4 is 10.6 Å². The number of hydrogen-bond donors (Lipinski definition) is 1. The van der Waals surface area contributed by atoms with Crippen LogP contribution in [0.5, 0.6) is 0 Å². The molecule has 1 saturated heterocycles. The lowest BCUT2D eigenvalue weighted by Gasteiger charge is -2.31. The SMILES string of the molecule is NCc1ccc(N2COC(c3cc(Cl)cc(Cl)c3)(C(F)(F)F)C2)cc1C(F)(F)F. The smallest absolute Gasteiger partial charge is 0.345 e. The minimum Gasteiger partial charge on any atom is -0.345 e. The van der Waals surface area contributed by atoms with Crippen LogP contribution in [0.25, 0.3) is 0 Å². The summed E-state index contributed by atoms with van der Waals surface area (Å²) in [5.41, 5.74) is 0.967. The van der Waals surface area contributed by atoms with Gasteiger partial charge in [0, 0.05) is 22.3 Å². The largest absolute Gasteiger partial charge is 0.423 e. The topological polar surface area (TPSA) is 38.5 Å². The van der Waals surface area contributed by atoms with Crippen LogP contribution in [-0.4, -0.2) is 19.5 Å². The van der Waals surface area contributed by atoms with Crippen molar-refractivity contribution in [3.05, 3.63) is 63.1 Å². The van der Waals surface area contributed by atoms with E-state index in [9.17, 15) is 26.3 Å². The molecule has 1 aliphatic heterocycles. The van der Waals surface area contributed by atoms with Gasteiger partial charge in [-0.25, -0.2) is 0 Å². The van der Waals surface area contributed by atoms with Crippen LogP contribution in [0.1, 0.15) is 16.7 Å². The monoisotopic (exact) mass is 458 g/mol. The Morgan fingerprint density at radius 3 is 2.14 bits per heavy atom. The average molecular weight is 459 g/mol. The highest BCUT2D eigenvalue weighted by atomic mass is 35.5. The lowest BCUT2D eigenvalue weighted by atomic mass is 9.92. The molecule has 0 spiro atoms. The molecule has 158 valence electrons. The third-order valence-corrected chi connectivity index (χ3v) is 5.09. The van der Waals surface area contributed by atoms with E-state index in [-0.39, 0.29) is 33.4 Å². The summed E-state index contributed by atoms with van der Waals surface area (Å²) in [5, 5.41) is -0.0466. The van der Waals surface area contributed by atoms with Gasteiger partial charge in [-0.3, -0.25) is 0 Å². The molecular weight excluding hydrogens is 445 g/mol. The quantitative estimate of drug-likeness (QED) is 0.597. The van der Waals surface area contributed by atoms with Gasteiger partial charge in [0.25, 0.3) is 0 Å². The van der Waals surface area contributed by atoms with Gasteiger partial charge in [0.1, 0.15) is 6.73 Å². The summed E-state index contributed by atoms with van der Waals surface area (Å²) < 4.78 is 87.0. The van der Waals surface area contributed by atoms with E-state index in [1.54, 1.807) is 0 Å². The van der Waals surface area contributed by atoms with Crippen molar-refractivity contribution in [3.63, 3.8) is 0 Å². The number of alkyl halides is 6. The first-order valence-corrected chi connectivity index (χ1v) is 8.95. The van der Waals surface area contributed by atoms with Crippen molar-refractivity contribution in [1.82, 2.24) is 0 Å². The van der Waals surface area contributed by atoms with Gasteiger partial charge >= 0.3 is 12.4 Å². The Labute approximate surface area is 171 Å². The van der Waals surface area contributed by atoms with Crippen molar-refractivity contribution in [2.45, 2.75) is 24.5 Å². The number of ether oxygens (including phenoxy) is 1. The maximum absolute atomic E-state index is 14.0. The van der Waals surface area contributed by atoms with E-state index in [1.165, 1.54) is 12.1 Å². The zero-order chi connectivity index (χ0) is 21.6. The van der Waals surface area contributed by atoms with E-state index in [2.05, 4.69) is 0 Å². The Hall–Kier alpha value is -1.68. The molecule has 0 aromatic heterocycles. The molecule has 1 fully saturated rings. The van der Waals surface area contributed by atoms with Gasteiger partial charge in [-0.1, -0.05) is 29.3 Å². The molecule has 1 unspecified atom stereocenters. The first-order chi connectivity index (χ1) is 13.4. The van der Waals surface area contributed by atoms with Crippen molar-refractivity contribution >= 4 is 28.9 Å².